The minimum atomic E-state index is 0.742. The number of nitriles is 1. The van der Waals surface area contributed by atoms with E-state index in [2.05, 4.69) is 82.7 Å². The van der Waals surface area contributed by atoms with Gasteiger partial charge in [0.25, 0.3) is 0 Å². The average molecular weight is 396 g/mol. The summed E-state index contributed by atoms with van der Waals surface area (Å²) in [6, 6.07) is 21.5. The van der Waals surface area contributed by atoms with Crippen molar-refractivity contribution in [3.63, 3.8) is 0 Å². The zero-order chi connectivity index (χ0) is 20.7. The molecule has 0 aliphatic carbocycles. The highest BCUT2D eigenvalue weighted by atomic mass is 15.2. The molecule has 2 aromatic carbocycles. The third-order valence-corrected chi connectivity index (χ3v) is 6.59. The average Bonchev–Trinajstić information content (AvgIpc) is 3.15. The number of hydrogen-bond acceptors (Lipinski definition) is 2. The Balaban J connectivity index is 1.84. The topological polar surface area (TPSA) is 46.9 Å². The second-order valence-electron chi connectivity index (χ2n) is 8.57. The molecule has 30 heavy (non-hydrogen) atoms. The van der Waals surface area contributed by atoms with Crippen LogP contribution in [0, 0.1) is 24.2 Å². The number of pyridine rings is 1. The lowest BCUT2D eigenvalue weighted by molar-refractivity contribution is -0.468. The Hall–Kier alpha value is -3.32. The van der Waals surface area contributed by atoms with Gasteiger partial charge in [-0.15, -0.1) is 0 Å². The van der Waals surface area contributed by atoms with Gasteiger partial charge in [-0.3, -0.25) is 9.88 Å². The molecule has 5 rings (SSSR count). The van der Waals surface area contributed by atoms with Crippen molar-refractivity contribution in [3.05, 3.63) is 76.9 Å². The summed E-state index contributed by atoms with van der Waals surface area (Å²) in [4.78, 5) is 6.07. The predicted octanol–water partition coefficient (Wildman–Crippen LogP) is 4.91. The fourth-order valence-electron chi connectivity index (χ4n) is 4.80. The molecule has 0 radical (unpaired) electrons. The van der Waals surface area contributed by atoms with Gasteiger partial charge in [0.05, 0.1) is 13.1 Å². The normalized spacial score (nSPS) is 15.0. The van der Waals surface area contributed by atoms with Crippen LogP contribution in [0.2, 0.25) is 0 Å². The zero-order valence-corrected chi connectivity index (χ0v) is 17.7. The summed E-state index contributed by atoms with van der Waals surface area (Å²) >= 11 is 0. The van der Waals surface area contributed by atoms with Crippen molar-refractivity contribution in [1.29, 1.82) is 5.26 Å². The lowest BCUT2D eigenvalue weighted by Crippen LogP contribution is -2.42. The lowest BCUT2D eigenvalue weighted by Gasteiger charge is -2.30. The molecule has 150 valence electrons. The van der Waals surface area contributed by atoms with Gasteiger partial charge < -0.3 is 0 Å². The lowest BCUT2D eigenvalue weighted by atomic mass is 9.95. The van der Waals surface area contributed by atoms with Crippen LogP contribution in [0.25, 0.3) is 16.7 Å². The molecule has 0 bridgehead atoms. The van der Waals surface area contributed by atoms with Crippen LogP contribution in [-0.2, 0) is 6.42 Å². The number of hydrogen-bond donors (Lipinski definition) is 1. The monoisotopic (exact) mass is 395 g/mol. The van der Waals surface area contributed by atoms with E-state index in [4.69, 9.17) is 0 Å². The van der Waals surface area contributed by atoms with Crippen LogP contribution in [-0.4, -0.2) is 18.1 Å². The van der Waals surface area contributed by atoms with E-state index in [1.807, 2.05) is 6.07 Å². The van der Waals surface area contributed by atoms with Gasteiger partial charge in [0.15, 0.2) is 0 Å². The number of rotatable bonds is 3. The first kappa shape index (κ1) is 18.7. The maximum atomic E-state index is 10.1. The van der Waals surface area contributed by atoms with Gasteiger partial charge in [-0.25, -0.2) is 0 Å². The van der Waals surface area contributed by atoms with E-state index in [-0.39, 0.29) is 0 Å². The summed E-state index contributed by atoms with van der Waals surface area (Å²) < 4.78 is 2.30. The van der Waals surface area contributed by atoms with E-state index in [1.54, 1.807) is 0 Å². The minimum absolute atomic E-state index is 0.742. The van der Waals surface area contributed by atoms with Crippen LogP contribution in [0.15, 0.2) is 54.6 Å². The maximum absolute atomic E-state index is 10.1. The number of anilines is 1. The summed E-state index contributed by atoms with van der Waals surface area (Å²) in [6.07, 6.45) is 3.23. The number of fused-ring (bicyclic) bond motifs is 3. The van der Waals surface area contributed by atoms with Crippen LogP contribution in [0.5, 0.6) is 0 Å². The second-order valence-corrected chi connectivity index (χ2v) is 8.57. The van der Waals surface area contributed by atoms with Crippen molar-refractivity contribution < 1.29 is 4.40 Å². The fourth-order valence-corrected chi connectivity index (χ4v) is 4.80. The highest BCUT2D eigenvalue weighted by Gasteiger charge is 2.31. The minimum Gasteiger partial charge on any atom is -0.292 e. The first-order valence-electron chi connectivity index (χ1n) is 10.8. The summed E-state index contributed by atoms with van der Waals surface area (Å²) in [6.45, 7) is 6.56. The van der Waals surface area contributed by atoms with Crippen LogP contribution >= 0.6 is 0 Å². The number of nitrogens with one attached hydrogen (secondary N) is 1. The highest BCUT2D eigenvalue weighted by molar-refractivity contribution is 5.78. The van der Waals surface area contributed by atoms with Gasteiger partial charge in [0.1, 0.15) is 22.7 Å². The van der Waals surface area contributed by atoms with Gasteiger partial charge in [0.2, 0.25) is 11.5 Å². The van der Waals surface area contributed by atoms with Gasteiger partial charge in [-0.05, 0) is 48.9 Å². The Bertz CT molecular complexity index is 1260. The van der Waals surface area contributed by atoms with E-state index in [0.29, 0.717) is 0 Å². The molecule has 0 unspecified atom stereocenters. The number of benzene rings is 2. The van der Waals surface area contributed by atoms with Crippen molar-refractivity contribution in [2.45, 2.75) is 33.1 Å². The van der Waals surface area contributed by atoms with Crippen LogP contribution in [0.1, 0.15) is 42.0 Å². The highest BCUT2D eigenvalue weighted by Crippen LogP contribution is 2.32. The van der Waals surface area contributed by atoms with Crippen LogP contribution in [0.3, 0.4) is 0 Å². The van der Waals surface area contributed by atoms with Crippen molar-refractivity contribution >= 4 is 22.5 Å². The first-order valence-corrected chi connectivity index (χ1v) is 10.8. The summed E-state index contributed by atoms with van der Waals surface area (Å²) in [5, 5.41) is 10.1. The molecule has 1 aliphatic heterocycles. The van der Waals surface area contributed by atoms with Crippen molar-refractivity contribution in [2.75, 3.05) is 18.0 Å². The fraction of sp³-hybridized carbons (Fsp3) is 0.308. The standard InChI is InChI=1S/C26H26N4/c1-18-12-14-29(15-13-18)26-21(16-20-8-4-3-5-9-20)19(2)22(17-27)25-28-23-10-6-7-11-24(23)30(25)26/h3-11,18H,12-16H2,1-2H3/p+1. The summed E-state index contributed by atoms with van der Waals surface area (Å²) in [5.74, 6) is 2.01. The van der Waals surface area contributed by atoms with Crippen molar-refractivity contribution in [2.24, 2.45) is 5.92 Å². The van der Waals surface area contributed by atoms with E-state index in [9.17, 15) is 5.26 Å². The number of piperidine rings is 1. The number of para-hydroxylation sites is 2. The Morgan fingerprint density at radius 2 is 1.77 bits per heavy atom. The number of aromatic amines is 1. The Morgan fingerprint density at radius 3 is 2.50 bits per heavy atom. The number of H-pyrrole nitrogens is 1. The van der Waals surface area contributed by atoms with Crippen LogP contribution < -0.4 is 9.30 Å². The van der Waals surface area contributed by atoms with E-state index in [1.165, 1.54) is 29.8 Å². The molecule has 2 aromatic heterocycles. The Morgan fingerprint density at radius 1 is 1.07 bits per heavy atom. The Labute approximate surface area is 177 Å². The molecule has 3 heterocycles. The molecular weight excluding hydrogens is 368 g/mol. The number of nitrogens with zero attached hydrogens (tertiary/aromatic N) is 3. The molecule has 0 amide bonds. The third-order valence-electron chi connectivity index (χ3n) is 6.59. The molecular formula is C26H27N4+. The van der Waals surface area contributed by atoms with Crippen LogP contribution in [0.4, 0.5) is 5.82 Å². The molecule has 4 nitrogen and oxygen atoms in total. The third kappa shape index (κ3) is 3.02. The molecule has 0 spiro atoms. The van der Waals surface area contributed by atoms with Gasteiger partial charge in [0, 0.05) is 12.0 Å². The largest absolute Gasteiger partial charge is 0.292 e. The quantitative estimate of drug-likeness (QED) is 0.501. The maximum Gasteiger partial charge on any atom is 0.250 e. The summed E-state index contributed by atoms with van der Waals surface area (Å²) in [5.41, 5.74) is 7.46. The Kier molecular flexibility index (Phi) is 4.67. The predicted molar refractivity (Wildman–Crippen MR) is 121 cm³/mol. The molecule has 1 fully saturated rings. The van der Waals surface area contributed by atoms with E-state index < -0.39 is 0 Å². The number of aromatic nitrogens is 2. The van der Waals surface area contributed by atoms with Gasteiger partial charge in [-0.1, -0.05) is 49.4 Å². The molecule has 1 N–H and O–H groups in total. The van der Waals surface area contributed by atoms with E-state index in [0.717, 1.165) is 53.2 Å². The SMILES string of the molecule is Cc1c(Cc2ccccc2)c(N2CCC(C)CC2)[n+]2c([nH]c3ccccc32)c1C#N. The van der Waals surface area contributed by atoms with Crippen molar-refractivity contribution in [3.8, 4) is 6.07 Å². The molecule has 1 aliphatic rings. The van der Waals surface area contributed by atoms with Crippen molar-refractivity contribution in [1.82, 2.24) is 4.98 Å². The summed E-state index contributed by atoms with van der Waals surface area (Å²) in [7, 11) is 0. The molecule has 1 saturated heterocycles. The van der Waals surface area contributed by atoms with Gasteiger partial charge >= 0.3 is 0 Å². The molecule has 0 saturated carbocycles. The molecule has 4 heteroatoms. The first-order chi connectivity index (χ1) is 14.7. The molecule has 4 aromatic rings. The van der Waals surface area contributed by atoms with E-state index >= 15 is 0 Å². The van der Waals surface area contributed by atoms with Gasteiger partial charge in [-0.2, -0.15) is 9.66 Å². The smallest absolute Gasteiger partial charge is 0.250 e. The second kappa shape index (κ2) is 7.50. The number of imidazole rings is 1. The zero-order valence-electron chi connectivity index (χ0n) is 17.7. The molecule has 0 atom stereocenters.